The molecular weight excluding hydrogens is 180 g/mol. The Morgan fingerprint density at radius 3 is 2.50 bits per heavy atom. The third-order valence-electron chi connectivity index (χ3n) is 2.75. The number of carbonyl (C=O) groups is 1. The Balaban J connectivity index is 2.22. The number of hydrogen-bond donors (Lipinski definition) is 0. The smallest absolute Gasteiger partial charge is 0.276 e. The number of carbonyl (C=O) groups excluding carboxylic acids is 1. The molecule has 4 heteroatoms. The van der Waals surface area contributed by atoms with Gasteiger partial charge in [-0.1, -0.05) is 5.16 Å². The molecule has 14 heavy (non-hydrogen) atoms. The predicted octanol–water partition coefficient (Wildman–Crippen LogP) is 1.53. The van der Waals surface area contributed by atoms with E-state index in [0.717, 1.165) is 37.3 Å². The monoisotopic (exact) mass is 194 g/mol. The highest BCUT2D eigenvalue weighted by Crippen LogP contribution is 2.16. The van der Waals surface area contributed by atoms with Crippen molar-refractivity contribution in [2.75, 3.05) is 13.1 Å². The summed E-state index contributed by atoms with van der Waals surface area (Å²) in [5, 5.41) is 3.79. The molecule has 1 saturated heterocycles. The maximum atomic E-state index is 11.9. The fraction of sp³-hybridized carbons (Fsp3) is 0.600. The predicted molar refractivity (Wildman–Crippen MR) is 51.1 cm³/mol. The quantitative estimate of drug-likeness (QED) is 0.681. The third kappa shape index (κ3) is 1.41. The molecule has 1 aliphatic rings. The van der Waals surface area contributed by atoms with Crippen molar-refractivity contribution in [1.29, 1.82) is 0 Å². The molecule has 0 spiro atoms. The molecule has 1 amide bonds. The number of aromatic nitrogens is 1. The van der Waals surface area contributed by atoms with E-state index in [0.29, 0.717) is 5.69 Å². The van der Waals surface area contributed by atoms with Gasteiger partial charge in [0.1, 0.15) is 5.76 Å². The topological polar surface area (TPSA) is 46.3 Å². The van der Waals surface area contributed by atoms with E-state index < -0.39 is 0 Å². The molecule has 1 aromatic rings. The lowest BCUT2D eigenvalue weighted by Gasteiger charge is -2.12. The second-order valence-corrected chi connectivity index (χ2v) is 3.71. The molecule has 0 unspecified atom stereocenters. The Hall–Kier alpha value is -1.32. The van der Waals surface area contributed by atoms with Gasteiger partial charge in [0.05, 0.1) is 0 Å². The number of amides is 1. The summed E-state index contributed by atoms with van der Waals surface area (Å²) in [6.07, 6.45) is 2.20. The van der Waals surface area contributed by atoms with Crippen LogP contribution in [0.3, 0.4) is 0 Å². The zero-order valence-electron chi connectivity index (χ0n) is 8.54. The fourth-order valence-corrected chi connectivity index (χ4v) is 1.69. The van der Waals surface area contributed by atoms with Gasteiger partial charge in [-0.05, 0) is 26.7 Å². The molecule has 4 nitrogen and oxygen atoms in total. The second-order valence-electron chi connectivity index (χ2n) is 3.71. The summed E-state index contributed by atoms with van der Waals surface area (Å²) in [5.41, 5.74) is 1.34. The highest BCUT2D eigenvalue weighted by Gasteiger charge is 2.24. The zero-order chi connectivity index (χ0) is 10.1. The molecule has 76 valence electrons. The lowest BCUT2D eigenvalue weighted by molar-refractivity contribution is 0.0782. The lowest BCUT2D eigenvalue weighted by Crippen LogP contribution is -2.28. The maximum Gasteiger partial charge on any atom is 0.276 e. The Morgan fingerprint density at radius 2 is 2.00 bits per heavy atom. The SMILES string of the molecule is Cc1onc(C(=O)N2CCCC2)c1C. The van der Waals surface area contributed by atoms with Crippen molar-refractivity contribution in [2.45, 2.75) is 26.7 Å². The standard InChI is InChI=1S/C10H14N2O2/c1-7-8(2)14-11-9(7)10(13)12-5-3-4-6-12/h3-6H2,1-2H3. The van der Waals surface area contributed by atoms with Crippen LogP contribution in [0.5, 0.6) is 0 Å². The number of nitrogens with zero attached hydrogens (tertiary/aromatic N) is 2. The third-order valence-corrected chi connectivity index (χ3v) is 2.75. The van der Waals surface area contributed by atoms with Crippen LogP contribution in [0, 0.1) is 13.8 Å². The van der Waals surface area contributed by atoms with Crippen molar-refractivity contribution >= 4 is 5.91 Å². The molecule has 2 rings (SSSR count). The maximum absolute atomic E-state index is 11.9. The summed E-state index contributed by atoms with van der Waals surface area (Å²) in [6, 6.07) is 0. The molecule has 0 aliphatic carbocycles. The van der Waals surface area contributed by atoms with Crippen molar-refractivity contribution in [2.24, 2.45) is 0 Å². The Morgan fingerprint density at radius 1 is 1.36 bits per heavy atom. The first-order chi connectivity index (χ1) is 6.70. The van der Waals surface area contributed by atoms with Gasteiger partial charge in [-0.2, -0.15) is 0 Å². The van der Waals surface area contributed by atoms with Gasteiger partial charge in [0.2, 0.25) is 0 Å². The van der Waals surface area contributed by atoms with Gasteiger partial charge in [0.25, 0.3) is 5.91 Å². The van der Waals surface area contributed by atoms with Gasteiger partial charge < -0.3 is 9.42 Å². The fourth-order valence-electron chi connectivity index (χ4n) is 1.69. The second kappa shape index (κ2) is 3.44. The van der Waals surface area contributed by atoms with Gasteiger partial charge in [-0.25, -0.2) is 0 Å². The summed E-state index contributed by atoms with van der Waals surface area (Å²) in [4.78, 5) is 13.7. The van der Waals surface area contributed by atoms with Crippen molar-refractivity contribution in [3.8, 4) is 0 Å². The van der Waals surface area contributed by atoms with Crippen molar-refractivity contribution in [3.63, 3.8) is 0 Å². The van der Waals surface area contributed by atoms with Crippen LogP contribution >= 0.6 is 0 Å². The van der Waals surface area contributed by atoms with Crippen LogP contribution in [0.1, 0.15) is 34.7 Å². The molecule has 0 atom stereocenters. The van der Waals surface area contributed by atoms with Crippen LogP contribution in [0.25, 0.3) is 0 Å². The Labute approximate surface area is 82.9 Å². The van der Waals surface area contributed by atoms with E-state index in [1.54, 1.807) is 0 Å². The van der Waals surface area contributed by atoms with Crippen molar-refractivity contribution in [3.05, 3.63) is 17.0 Å². The van der Waals surface area contributed by atoms with E-state index in [1.165, 1.54) is 0 Å². The van der Waals surface area contributed by atoms with Crippen LogP contribution in [0.15, 0.2) is 4.52 Å². The first kappa shape index (κ1) is 9.24. The van der Waals surface area contributed by atoms with Gasteiger partial charge in [0.15, 0.2) is 5.69 Å². The number of aryl methyl sites for hydroxylation is 1. The molecule has 0 N–H and O–H groups in total. The summed E-state index contributed by atoms with van der Waals surface area (Å²) >= 11 is 0. The largest absolute Gasteiger partial charge is 0.361 e. The Bertz CT molecular complexity index is 351. The molecule has 0 radical (unpaired) electrons. The minimum absolute atomic E-state index is 0.0110. The van der Waals surface area contributed by atoms with Crippen molar-refractivity contribution in [1.82, 2.24) is 10.1 Å². The number of hydrogen-bond acceptors (Lipinski definition) is 3. The molecule has 2 heterocycles. The Kier molecular flexibility index (Phi) is 2.27. The minimum atomic E-state index is 0.0110. The van der Waals surface area contributed by atoms with Crippen LogP contribution in [0.2, 0.25) is 0 Å². The van der Waals surface area contributed by atoms with Crippen LogP contribution in [-0.2, 0) is 0 Å². The highest BCUT2D eigenvalue weighted by molar-refractivity contribution is 5.93. The van der Waals surface area contributed by atoms with E-state index in [-0.39, 0.29) is 5.91 Å². The van der Waals surface area contributed by atoms with Gasteiger partial charge in [-0.3, -0.25) is 4.79 Å². The first-order valence-electron chi connectivity index (χ1n) is 4.92. The van der Waals surface area contributed by atoms with Gasteiger partial charge in [0, 0.05) is 18.7 Å². The normalized spacial score (nSPS) is 16.3. The highest BCUT2D eigenvalue weighted by atomic mass is 16.5. The summed E-state index contributed by atoms with van der Waals surface area (Å²) in [5.74, 6) is 0.740. The lowest BCUT2D eigenvalue weighted by atomic mass is 10.2. The minimum Gasteiger partial charge on any atom is -0.361 e. The van der Waals surface area contributed by atoms with Crippen LogP contribution in [0.4, 0.5) is 0 Å². The summed E-state index contributed by atoms with van der Waals surface area (Å²) in [6.45, 7) is 5.40. The summed E-state index contributed by atoms with van der Waals surface area (Å²) < 4.78 is 4.98. The number of likely N-dealkylation sites (tertiary alicyclic amines) is 1. The zero-order valence-corrected chi connectivity index (χ0v) is 8.54. The molecular formula is C10H14N2O2. The van der Waals surface area contributed by atoms with E-state index in [9.17, 15) is 4.79 Å². The van der Waals surface area contributed by atoms with Crippen molar-refractivity contribution < 1.29 is 9.32 Å². The molecule has 0 saturated carbocycles. The van der Waals surface area contributed by atoms with E-state index in [2.05, 4.69) is 5.16 Å². The average molecular weight is 194 g/mol. The van der Waals surface area contributed by atoms with Gasteiger partial charge in [-0.15, -0.1) is 0 Å². The summed E-state index contributed by atoms with van der Waals surface area (Å²) in [7, 11) is 0. The first-order valence-corrected chi connectivity index (χ1v) is 4.92. The van der Waals surface area contributed by atoms with Gasteiger partial charge >= 0.3 is 0 Å². The van der Waals surface area contributed by atoms with E-state index in [1.807, 2.05) is 18.7 Å². The molecule has 1 fully saturated rings. The van der Waals surface area contributed by atoms with E-state index >= 15 is 0 Å². The van der Waals surface area contributed by atoms with Crippen LogP contribution in [-0.4, -0.2) is 29.1 Å². The van der Waals surface area contributed by atoms with E-state index in [4.69, 9.17) is 4.52 Å². The molecule has 1 aromatic heterocycles. The average Bonchev–Trinajstić information content (AvgIpc) is 2.77. The number of rotatable bonds is 1. The van der Waals surface area contributed by atoms with Crippen LogP contribution < -0.4 is 0 Å². The molecule has 1 aliphatic heterocycles. The molecule has 0 bridgehead atoms. The molecule has 0 aromatic carbocycles.